The Kier molecular flexibility index (Phi) is 9.09. The van der Waals surface area contributed by atoms with E-state index in [1.54, 1.807) is 26.8 Å². The first-order valence-electron chi connectivity index (χ1n) is 13.6. The molecule has 0 aliphatic carbocycles. The number of piperidine rings is 1. The second-order valence-corrected chi connectivity index (χ2v) is 11.2. The molecule has 39 heavy (non-hydrogen) atoms. The number of amides is 3. The molecule has 0 saturated carbocycles. The molecule has 2 aromatic rings. The van der Waals surface area contributed by atoms with Crippen LogP contribution >= 0.6 is 0 Å². The number of hydrogen-bond donors (Lipinski definition) is 0. The van der Waals surface area contributed by atoms with Gasteiger partial charge in [-0.25, -0.2) is 14.0 Å². The van der Waals surface area contributed by atoms with Crippen molar-refractivity contribution >= 4 is 18.1 Å². The van der Waals surface area contributed by atoms with Gasteiger partial charge in [0.1, 0.15) is 18.0 Å². The van der Waals surface area contributed by atoms with Gasteiger partial charge in [-0.1, -0.05) is 42.5 Å². The lowest BCUT2D eigenvalue weighted by molar-refractivity contribution is -0.136. The van der Waals surface area contributed by atoms with Gasteiger partial charge in [-0.3, -0.25) is 4.79 Å². The van der Waals surface area contributed by atoms with E-state index in [-0.39, 0.29) is 30.3 Å². The number of nitrogens with zero attached hydrogens (tertiary/aromatic N) is 3. The van der Waals surface area contributed by atoms with Crippen molar-refractivity contribution in [3.8, 4) is 0 Å². The van der Waals surface area contributed by atoms with E-state index in [2.05, 4.69) is 0 Å². The van der Waals surface area contributed by atoms with Crippen LogP contribution in [0, 0.1) is 11.7 Å². The zero-order valence-corrected chi connectivity index (χ0v) is 23.0. The first-order valence-corrected chi connectivity index (χ1v) is 13.6. The first-order chi connectivity index (χ1) is 18.6. The molecule has 0 aromatic heterocycles. The molecule has 9 heteroatoms. The fourth-order valence-corrected chi connectivity index (χ4v) is 5.15. The second-order valence-electron chi connectivity index (χ2n) is 11.2. The Hall–Kier alpha value is -3.62. The SMILES string of the molecule is CC(C)(C)OC(=O)N1CCC(C(C(=O)N2CCN(C(=O)OCc3ccccc3)CC2)c2ccc(F)cc2)CC1. The van der Waals surface area contributed by atoms with Crippen LogP contribution in [0.2, 0.25) is 0 Å². The molecule has 210 valence electrons. The Morgan fingerprint density at radius 1 is 0.821 bits per heavy atom. The number of piperazine rings is 1. The van der Waals surface area contributed by atoms with Gasteiger partial charge in [0, 0.05) is 39.3 Å². The van der Waals surface area contributed by atoms with Gasteiger partial charge in [-0.15, -0.1) is 0 Å². The fourth-order valence-electron chi connectivity index (χ4n) is 5.15. The lowest BCUT2D eigenvalue weighted by atomic mass is 9.79. The van der Waals surface area contributed by atoms with Crippen LogP contribution in [-0.2, 0) is 20.9 Å². The summed E-state index contributed by atoms with van der Waals surface area (Å²) in [6, 6.07) is 15.6. The van der Waals surface area contributed by atoms with E-state index >= 15 is 0 Å². The predicted octanol–water partition coefficient (Wildman–Crippen LogP) is 5.04. The Balaban J connectivity index is 1.37. The lowest BCUT2D eigenvalue weighted by Gasteiger charge is -2.40. The number of carbonyl (C=O) groups excluding carboxylic acids is 3. The van der Waals surface area contributed by atoms with Gasteiger partial charge in [0.2, 0.25) is 5.91 Å². The summed E-state index contributed by atoms with van der Waals surface area (Å²) in [5, 5.41) is 0. The molecule has 4 rings (SSSR count). The van der Waals surface area contributed by atoms with Crippen molar-refractivity contribution < 1.29 is 28.2 Å². The van der Waals surface area contributed by atoms with Gasteiger partial charge in [0.25, 0.3) is 0 Å². The van der Waals surface area contributed by atoms with E-state index in [0.717, 1.165) is 11.1 Å². The third kappa shape index (κ3) is 7.71. The van der Waals surface area contributed by atoms with Gasteiger partial charge >= 0.3 is 12.2 Å². The fraction of sp³-hybridized carbons (Fsp3) is 0.500. The van der Waals surface area contributed by atoms with Crippen molar-refractivity contribution in [1.82, 2.24) is 14.7 Å². The molecule has 2 saturated heterocycles. The molecular formula is C30H38FN3O5. The van der Waals surface area contributed by atoms with Crippen LogP contribution in [0.1, 0.15) is 50.7 Å². The Bertz CT molecular complexity index is 1120. The second kappa shape index (κ2) is 12.5. The summed E-state index contributed by atoms with van der Waals surface area (Å²) in [5.41, 5.74) is 1.11. The molecule has 2 aliphatic heterocycles. The third-order valence-electron chi connectivity index (χ3n) is 7.21. The van der Waals surface area contributed by atoms with E-state index < -0.39 is 17.6 Å². The molecule has 2 heterocycles. The minimum absolute atomic E-state index is 0.00415. The summed E-state index contributed by atoms with van der Waals surface area (Å²) in [4.78, 5) is 44.1. The highest BCUT2D eigenvalue weighted by atomic mass is 19.1. The number of hydrogen-bond acceptors (Lipinski definition) is 5. The summed E-state index contributed by atoms with van der Waals surface area (Å²) < 4.78 is 24.7. The number of benzene rings is 2. The third-order valence-corrected chi connectivity index (χ3v) is 7.21. The minimum atomic E-state index is -0.573. The lowest BCUT2D eigenvalue weighted by Crippen LogP contribution is -2.53. The van der Waals surface area contributed by atoms with Gasteiger partial charge in [0.05, 0.1) is 5.92 Å². The first kappa shape index (κ1) is 28.4. The molecule has 1 unspecified atom stereocenters. The molecule has 2 aromatic carbocycles. The summed E-state index contributed by atoms with van der Waals surface area (Å²) in [7, 11) is 0. The molecule has 8 nitrogen and oxygen atoms in total. The van der Waals surface area contributed by atoms with E-state index in [9.17, 15) is 18.8 Å². The van der Waals surface area contributed by atoms with Crippen LogP contribution in [-0.4, -0.2) is 77.7 Å². The van der Waals surface area contributed by atoms with E-state index in [1.165, 1.54) is 12.1 Å². The molecule has 3 amide bonds. The molecule has 2 fully saturated rings. The molecular weight excluding hydrogens is 501 g/mol. The zero-order valence-electron chi connectivity index (χ0n) is 23.0. The monoisotopic (exact) mass is 539 g/mol. The highest BCUT2D eigenvalue weighted by Crippen LogP contribution is 2.35. The zero-order chi connectivity index (χ0) is 28.0. The van der Waals surface area contributed by atoms with Crippen LogP contribution in [0.25, 0.3) is 0 Å². The summed E-state index contributed by atoms with van der Waals surface area (Å²) >= 11 is 0. The number of likely N-dealkylation sites (tertiary alicyclic amines) is 1. The van der Waals surface area contributed by atoms with Crippen molar-refractivity contribution in [2.75, 3.05) is 39.3 Å². The van der Waals surface area contributed by atoms with Crippen LogP contribution in [0.5, 0.6) is 0 Å². The molecule has 2 aliphatic rings. The quantitative estimate of drug-likeness (QED) is 0.532. The van der Waals surface area contributed by atoms with Crippen LogP contribution in [0.15, 0.2) is 54.6 Å². The summed E-state index contributed by atoms with van der Waals surface area (Å²) in [6.45, 7) is 8.25. The number of carbonyl (C=O) groups is 3. The van der Waals surface area contributed by atoms with Crippen molar-refractivity contribution in [1.29, 1.82) is 0 Å². The molecule has 1 atom stereocenters. The largest absolute Gasteiger partial charge is 0.445 e. The normalized spacial score (nSPS) is 17.5. The number of ether oxygens (including phenoxy) is 2. The average molecular weight is 540 g/mol. The van der Waals surface area contributed by atoms with Gasteiger partial charge in [-0.2, -0.15) is 0 Å². The highest BCUT2D eigenvalue weighted by Gasteiger charge is 2.38. The van der Waals surface area contributed by atoms with E-state index in [0.29, 0.717) is 52.1 Å². The molecule has 0 radical (unpaired) electrons. The van der Waals surface area contributed by atoms with Crippen molar-refractivity contribution in [2.45, 2.75) is 51.7 Å². The standard InChI is InChI=1S/C30H38FN3O5/c1-30(2,3)39-29(37)33-15-13-24(14-16-33)26(23-9-11-25(31)12-10-23)27(35)32-17-19-34(20-18-32)28(36)38-21-22-7-5-4-6-8-22/h4-12,24,26H,13-21H2,1-3H3. The number of rotatable bonds is 5. The van der Waals surface area contributed by atoms with Gasteiger partial charge in [0.15, 0.2) is 0 Å². The highest BCUT2D eigenvalue weighted by molar-refractivity contribution is 5.84. The minimum Gasteiger partial charge on any atom is -0.445 e. The van der Waals surface area contributed by atoms with Crippen molar-refractivity contribution in [3.63, 3.8) is 0 Å². The Morgan fingerprint density at radius 3 is 1.97 bits per heavy atom. The van der Waals surface area contributed by atoms with E-state index in [1.807, 2.05) is 51.1 Å². The smallest absolute Gasteiger partial charge is 0.410 e. The number of halogens is 1. The predicted molar refractivity (Wildman–Crippen MR) is 144 cm³/mol. The average Bonchev–Trinajstić information content (AvgIpc) is 2.93. The van der Waals surface area contributed by atoms with Crippen molar-refractivity contribution in [3.05, 3.63) is 71.5 Å². The molecule has 0 spiro atoms. The molecule has 0 N–H and O–H groups in total. The maximum Gasteiger partial charge on any atom is 0.410 e. The maximum absolute atomic E-state index is 13.9. The van der Waals surface area contributed by atoms with Crippen molar-refractivity contribution in [2.24, 2.45) is 5.92 Å². The van der Waals surface area contributed by atoms with Crippen LogP contribution < -0.4 is 0 Å². The summed E-state index contributed by atoms with van der Waals surface area (Å²) in [6.07, 6.45) is 0.536. The van der Waals surface area contributed by atoms with Crippen LogP contribution in [0.3, 0.4) is 0 Å². The topological polar surface area (TPSA) is 79.4 Å². The Morgan fingerprint density at radius 2 is 1.38 bits per heavy atom. The Labute approximate surface area is 229 Å². The van der Waals surface area contributed by atoms with E-state index in [4.69, 9.17) is 9.47 Å². The maximum atomic E-state index is 13.9. The summed E-state index contributed by atoms with van der Waals surface area (Å²) in [5.74, 6) is -0.847. The molecule has 0 bridgehead atoms. The van der Waals surface area contributed by atoms with Crippen LogP contribution in [0.4, 0.5) is 14.0 Å². The van der Waals surface area contributed by atoms with Gasteiger partial charge in [-0.05, 0) is 62.8 Å². The van der Waals surface area contributed by atoms with Gasteiger partial charge < -0.3 is 24.2 Å².